The fraction of sp³-hybridized carbons (Fsp3) is 0.833. The third kappa shape index (κ3) is 3.96. The summed E-state index contributed by atoms with van der Waals surface area (Å²) in [5.41, 5.74) is -0.304. The highest BCUT2D eigenvalue weighted by molar-refractivity contribution is 5.97. The van der Waals surface area contributed by atoms with Crippen molar-refractivity contribution in [3.8, 4) is 0 Å². The monoisotopic (exact) mass is 258 g/mol. The number of rotatable bonds is 4. The third-order valence-electron chi connectivity index (χ3n) is 3.09. The summed E-state index contributed by atoms with van der Waals surface area (Å²) in [6, 6.07) is -1.67. The zero-order valence-electron chi connectivity index (χ0n) is 11.3. The van der Waals surface area contributed by atoms with Gasteiger partial charge in [0, 0.05) is 17.1 Å². The minimum absolute atomic E-state index is 0.131. The van der Waals surface area contributed by atoms with Crippen LogP contribution in [0.4, 0.5) is 0 Å². The number of aliphatic carboxylic acids is 2. The van der Waals surface area contributed by atoms with Crippen LogP contribution in [0.25, 0.3) is 0 Å². The lowest BCUT2D eigenvalue weighted by atomic mass is 9.79. The van der Waals surface area contributed by atoms with Crippen LogP contribution < -0.4 is 10.6 Å². The number of carboxylic acid groups (broad SMARTS) is 2. The maximum Gasteiger partial charge on any atom is 0.332 e. The molecular formula is C12H22N2O4. The zero-order valence-corrected chi connectivity index (χ0v) is 11.3. The van der Waals surface area contributed by atoms with Crippen molar-refractivity contribution in [2.75, 3.05) is 0 Å². The molecule has 0 radical (unpaired) electrons. The summed E-state index contributed by atoms with van der Waals surface area (Å²) in [5, 5.41) is 23.9. The first-order valence-corrected chi connectivity index (χ1v) is 6.03. The minimum Gasteiger partial charge on any atom is -0.480 e. The molecule has 0 bridgehead atoms. The molecule has 0 unspecified atom stereocenters. The van der Waals surface area contributed by atoms with Crippen LogP contribution in [0.15, 0.2) is 0 Å². The van der Waals surface area contributed by atoms with E-state index in [0.29, 0.717) is 12.8 Å². The molecule has 6 nitrogen and oxygen atoms in total. The van der Waals surface area contributed by atoms with E-state index in [1.807, 2.05) is 27.7 Å². The van der Waals surface area contributed by atoms with Crippen molar-refractivity contribution in [3.63, 3.8) is 0 Å². The maximum absolute atomic E-state index is 10.9. The topological polar surface area (TPSA) is 98.7 Å². The van der Waals surface area contributed by atoms with Crippen molar-refractivity contribution in [1.82, 2.24) is 10.6 Å². The maximum atomic E-state index is 10.9. The highest BCUT2D eigenvalue weighted by Gasteiger charge is 2.40. The lowest BCUT2D eigenvalue weighted by Crippen LogP contribution is -2.63. The van der Waals surface area contributed by atoms with E-state index < -0.39 is 18.0 Å². The fourth-order valence-corrected chi connectivity index (χ4v) is 2.92. The van der Waals surface area contributed by atoms with Crippen LogP contribution in [-0.2, 0) is 9.59 Å². The Morgan fingerprint density at radius 1 is 1.11 bits per heavy atom. The Morgan fingerprint density at radius 2 is 1.50 bits per heavy atom. The Balaban J connectivity index is 2.77. The van der Waals surface area contributed by atoms with Crippen molar-refractivity contribution in [2.24, 2.45) is 0 Å². The van der Waals surface area contributed by atoms with Gasteiger partial charge in [0.05, 0.1) is 0 Å². The lowest BCUT2D eigenvalue weighted by molar-refractivity contribution is -0.151. The van der Waals surface area contributed by atoms with Crippen molar-refractivity contribution < 1.29 is 19.8 Å². The van der Waals surface area contributed by atoms with Gasteiger partial charge in [0.25, 0.3) is 0 Å². The number of hydrogen-bond donors (Lipinski definition) is 4. The molecule has 18 heavy (non-hydrogen) atoms. The fourth-order valence-electron chi connectivity index (χ4n) is 2.92. The highest BCUT2D eigenvalue weighted by Crippen LogP contribution is 2.28. The average molecular weight is 258 g/mol. The Bertz CT molecular complexity index is 322. The first-order chi connectivity index (χ1) is 8.02. The molecule has 0 aromatic rings. The molecule has 1 heterocycles. The first-order valence-electron chi connectivity index (χ1n) is 6.03. The predicted octanol–water partition coefficient (Wildman–Crippen LogP) is 0.423. The summed E-state index contributed by atoms with van der Waals surface area (Å²) in [6.45, 7) is 8.11. The molecule has 1 fully saturated rings. The minimum atomic E-state index is -1.54. The largest absolute Gasteiger partial charge is 0.480 e. The van der Waals surface area contributed by atoms with Crippen molar-refractivity contribution in [1.29, 1.82) is 0 Å². The molecule has 0 atom stereocenters. The van der Waals surface area contributed by atoms with Gasteiger partial charge in [0.2, 0.25) is 6.04 Å². The van der Waals surface area contributed by atoms with Crippen LogP contribution in [0.3, 0.4) is 0 Å². The van der Waals surface area contributed by atoms with E-state index in [1.165, 1.54) is 0 Å². The van der Waals surface area contributed by atoms with Gasteiger partial charge in [0.15, 0.2) is 0 Å². The molecule has 0 amide bonds. The molecule has 1 rings (SSSR count). The van der Waals surface area contributed by atoms with E-state index in [4.69, 9.17) is 10.2 Å². The summed E-state index contributed by atoms with van der Waals surface area (Å²) < 4.78 is 0. The number of piperidine rings is 1. The standard InChI is InChI=1S/C12H22N2O4/c1-11(2)5-7(6-12(3,4)14-11)13-8(9(15)16)10(17)18/h7-8,13-14H,5-6H2,1-4H3,(H,15,16)(H,17,18). The van der Waals surface area contributed by atoms with Gasteiger partial charge in [-0.3, -0.25) is 5.32 Å². The number of hydrogen-bond acceptors (Lipinski definition) is 4. The average Bonchev–Trinajstić information content (AvgIpc) is 2.07. The molecule has 0 spiro atoms. The molecule has 1 saturated heterocycles. The number of carbonyl (C=O) groups is 2. The number of nitrogens with one attached hydrogen (secondary N) is 2. The molecule has 1 aliphatic rings. The summed E-state index contributed by atoms with van der Waals surface area (Å²) >= 11 is 0. The van der Waals surface area contributed by atoms with Gasteiger partial charge in [-0.05, 0) is 40.5 Å². The van der Waals surface area contributed by atoms with Crippen LogP contribution in [0.5, 0.6) is 0 Å². The van der Waals surface area contributed by atoms with Crippen LogP contribution >= 0.6 is 0 Å². The second-order valence-electron chi connectivity index (χ2n) is 6.27. The molecule has 6 heteroatoms. The van der Waals surface area contributed by atoms with E-state index in [1.54, 1.807) is 0 Å². The van der Waals surface area contributed by atoms with E-state index in [2.05, 4.69) is 10.6 Å². The van der Waals surface area contributed by atoms with Gasteiger partial charge in [-0.1, -0.05) is 0 Å². The Morgan fingerprint density at radius 3 is 1.83 bits per heavy atom. The molecule has 4 N–H and O–H groups in total. The Hall–Kier alpha value is -1.14. The predicted molar refractivity (Wildman–Crippen MR) is 66.5 cm³/mol. The van der Waals surface area contributed by atoms with Gasteiger partial charge in [-0.2, -0.15) is 0 Å². The van der Waals surface area contributed by atoms with E-state index in [9.17, 15) is 9.59 Å². The SMILES string of the molecule is CC1(C)CC(NC(C(=O)O)C(=O)O)CC(C)(C)N1. The summed E-state index contributed by atoms with van der Waals surface area (Å²) in [5.74, 6) is -2.70. The summed E-state index contributed by atoms with van der Waals surface area (Å²) in [6.07, 6.45) is 1.38. The zero-order chi connectivity index (χ0) is 14.1. The Kier molecular flexibility index (Phi) is 4.02. The highest BCUT2D eigenvalue weighted by atomic mass is 16.4. The molecule has 0 aliphatic carbocycles. The molecule has 104 valence electrons. The van der Waals surface area contributed by atoms with Crippen molar-refractivity contribution in [3.05, 3.63) is 0 Å². The van der Waals surface area contributed by atoms with E-state index in [0.717, 1.165) is 0 Å². The van der Waals surface area contributed by atoms with Gasteiger partial charge in [-0.15, -0.1) is 0 Å². The number of carboxylic acids is 2. The van der Waals surface area contributed by atoms with Crippen LogP contribution in [-0.4, -0.2) is 45.3 Å². The molecule has 0 aromatic carbocycles. The smallest absolute Gasteiger partial charge is 0.332 e. The lowest BCUT2D eigenvalue weighted by Gasteiger charge is -2.47. The summed E-state index contributed by atoms with van der Waals surface area (Å²) in [4.78, 5) is 21.8. The van der Waals surface area contributed by atoms with Gasteiger partial charge in [-0.25, -0.2) is 9.59 Å². The van der Waals surface area contributed by atoms with Crippen molar-refractivity contribution >= 4 is 11.9 Å². The molecule has 1 aliphatic heterocycles. The first kappa shape index (κ1) is 14.9. The van der Waals surface area contributed by atoms with Crippen LogP contribution in [0.2, 0.25) is 0 Å². The molecular weight excluding hydrogens is 236 g/mol. The normalized spacial score (nSPS) is 22.9. The van der Waals surface area contributed by atoms with Crippen LogP contribution in [0.1, 0.15) is 40.5 Å². The third-order valence-corrected chi connectivity index (χ3v) is 3.09. The van der Waals surface area contributed by atoms with Gasteiger partial charge < -0.3 is 15.5 Å². The van der Waals surface area contributed by atoms with Crippen LogP contribution in [0, 0.1) is 0 Å². The Labute approximate surface area is 107 Å². The molecule has 0 aromatic heterocycles. The van der Waals surface area contributed by atoms with E-state index >= 15 is 0 Å². The van der Waals surface area contributed by atoms with Gasteiger partial charge >= 0.3 is 11.9 Å². The van der Waals surface area contributed by atoms with Crippen molar-refractivity contribution in [2.45, 2.75) is 63.7 Å². The van der Waals surface area contributed by atoms with E-state index in [-0.39, 0.29) is 17.1 Å². The summed E-state index contributed by atoms with van der Waals surface area (Å²) in [7, 11) is 0. The quantitative estimate of drug-likeness (QED) is 0.546. The van der Waals surface area contributed by atoms with Gasteiger partial charge in [0.1, 0.15) is 0 Å². The second-order valence-corrected chi connectivity index (χ2v) is 6.27. The molecule has 0 saturated carbocycles. The second kappa shape index (κ2) is 4.85.